The molecule has 5 rings (SSSR count). The molecule has 0 unspecified atom stereocenters. The van der Waals surface area contributed by atoms with Gasteiger partial charge in [0.05, 0.1) is 6.42 Å². The molecule has 1 aromatic rings. The molecule has 3 N–H and O–H groups in total. The molecule has 4 aliphatic carbocycles. The first-order valence-corrected chi connectivity index (χ1v) is 11.5. The number of imide groups is 1. The molecule has 0 aliphatic heterocycles. The molecular weight excluding hydrogens is 434 g/mol. The van der Waals surface area contributed by atoms with Crippen molar-refractivity contribution >= 4 is 35.4 Å². The van der Waals surface area contributed by atoms with Gasteiger partial charge in [-0.3, -0.25) is 19.7 Å². The number of hydrogen-bond acceptors (Lipinski definition) is 5. The Morgan fingerprint density at radius 3 is 2.16 bits per heavy atom. The van der Waals surface area contributed by atoms with Crippen molar-refractivity contribution in [3.8, 4) is 0 Å². The van der Waals surface area contributed by atoms with Crippen molar-refractivity contribution in [1.82, 2.24) is 16.0 Å². The first kappa shape index (κ1) is 22.6. The van der Waals surface area contributed by atoms with E-state index >= 15 is 0 Å². The predicted molar refractivity (Wildman–Crippen MR) is 117 cm³/mol. The number of urea groups is 1. The van der Waals surface area contributed by atoms with E-state index in [0.29, 0.717) is 28.3 Å². The summed E-state index contributed by atoms with van der Waals surface area (Å²) in [5.41, 5.74) is 0.227. The van der Waals surface area contributed by atoms with Crippen LogP contribution in [-0.4, -0.2) is 42.5 Å². The zero-order valence-electron chi connectivity index (χ0n) is 17.8. The Morgan fingerprint density at radius 2 is 1.56 bits per heavy atom. The quantitative estimate of drug-likeness (QED) is 0.540. The Bertz CT molecular complexity index is 866. The predicted octanol–water partition coefficient (Wildman–Crippen LogP) is 2.80. The fraction of sp³-hybridized carbons (Fsp3) is 0.565. The first-order valence-electron chi connectivity index (χ1n) is 11.1. The number of benzene rings is 1. The van der Waals surface area contributed by atoms with Crippen LogP contribution in [0.1, 0.15) is 55.3 Å². The van der Waals surface area contributed by atoms with Gasteiger partial charge in [0.1, 0.15) is 0 Å². The highest BCUT2D eigenvalue weighted by Crippen LogP contribution is 2.55. The second-order valence-electron chi connectivity index (χ2n) is 9.37. The van der Waals surface area contributed by atoms with E-state index in [2.05, 4.69) is 16.0 Å². The fourth-order valence-electron chi connectivity index (χ4n) is 5.90. The van der Waals surface area contributed by atoms with Crippen LogP contribution in [0.2, 0.25) is 5.02 Å². The highest BCUT2D eigenvalue weighted by Gasteiger charge is 2.51. The molecule has 0 radical (unpaired) electrons. The normalized spacial score (nSPS) is 27.5. The Hall–Kier alpha value is -2.61. The van der Waals surface area contributed by atoms with Crippen molar-refractivity contribution < 1.29 is 23.9 Å². The molecule has 4 bridgehead atoms. The van der Waals surface area contributed by atoms with Gasteiger partial charge in [-0.25, -0.2) is 4.79 Å². The molecule has 0 spiro atoms. The highest BCUT2D eigenvalue weighted by atomic mass is 35.5. The van der Waals surface area contributed by atoms with Crippen LogP contribution >= 0.6 is 11.6 Å². The summed E-state index contributed by atoms with van der Waals surface area (Å²) in [4.78, 5) is 48.1. The van der Waals surface area contributed by atoms with E-state index in [9.17, 15) is 19.2 Å². The van der Waals surface area contributed by atoms with Crippen LogP contribution in [-0.2, 0) is 14.3 Å². The van der Waals surface area contributed by atoms with Crippen molar-refractivity contribution in [3.63, 3.8) is 0 Å². The second kappa shape index (κ2) is 9.48. The number of esters is 1. The van der Waals surface area contributed by atoms with Gasteiger partial charge in [0, 0.05) is 22.7 Å². The molecule has 1 aromatic carbocycles. The number of carbonyl (C=O) groups excluding carboxylic acids is 4. The summed E-state index contributed by atoms with van der Waals surface area (Å²) in [6, 6.07) is 5.83. The lowest BCUT2D eigenvalue weighted by molar-refractivity contribution is -0.148. The maximum Gasteiger partial charge on any atom is 0.321 e. The summed E-state index contributed by atoms with van der Waals surface area (Å²) in [6.07, 6.45) is 6.64. The van der Waals surface area contributed by atoms with E-state index in [1.165, 1.54) is 19.3 Å². The van der Waals surface area contributed by atoms with Gasteiger partial charge in [-0.2, -0.15) is 0 Å². The lowest BCUT2D eigenvalue weighted by atomic mass is 9.53. The SMILES string of the molecule is O=C(COC(=O)CCNC(=O)c1ccc(Cl)cc1)NC(=O)NC12CC3CC(CC(C3)C1)C2. The average Bonchev–Trinajstić information content (AvgIpc) is 2.71. The minimum absolute atomic E-state index is 0.0639. The number of amides is 4. The Kier molecular flexibility index (Phi) is 6.69. The standard InChI is InChI=1S/C23H28ClN3O5/c24-18-3-1-17(2-4-18)21(30)25-6-5-20(29)32-13-19(28)26-22(31)27-23-10-14-7-15(11-23)9-16(8-14)12-23/h1-4,14-16H,5-13H2,(H,25,30)(H2,26,27,28,31). The van der Waals surface area contributed by atoms with Gasteiger partial charge in [-0.1, -0.05) is 11.6 Å². The van der Waals surface area contributed by atoms with Crippen molar-refractivity contribution in [2.45, 2.75) is 50.5 Å². The summed E-state index contributed by atoms with van der Waals surface area (Å²) >= 11 is 5.78. The monoisotopic (exact) mass is 461 g/mol. The second-order valence-corrected chi connectivity index (χ2v) is 9.81. The fourth-order valence-corrected chi connectivity index (χ4v) is 6.02. The van der Waals surface area contributed by atoms with E-state index in [1.807, 2.05) is 0 Å². The lowest BCUT2D eigenvalue weighted by Crippen LogP contribution is -2.62. The Morgan fingerprint density at radius 1 is 0.969 bits per heavy atom. The zero-order chi connectivity index (χ0) is 22.7. The minimum atomic E-state index is -0.675. The van der Waals surface area contributed by atoms with Crippen molar-refractivity contribution in [2.75, 3.05) is 13.2 Å². The van der Waals surface area contributed by atoms with Gasteiger partial charge < -0.3 is 15.4 Å². The summed E-state index contributed by atoms with van der Waals surface area (Å²) in [5, 5.41) is 8.42. The third-order valence-corrected chi connectivity index (χ3v) is 7.01. The van der Waals surface area contributed by atoms with E-state index in [0.717, 1.165) is 19.3 Å². The van der Waals surface area contributed by atoms with Crippen molar-refractivity contribution in [1.29, 1.82) is 0 Å². The number of ether oxygens (including phenoxy) is 1. The summed E-state index contributed by atoms with van der Waals surface area (Å²) in [5.74, 6) is 0.382. The zero-order valence-corrected chi connectivity index (χ0v) is 18.6. The van der Waals surface area contributed by atoms with Crippen LogP contribution in [0.3, 0.4) is 0 Å². The molecule has 172 valence electrons. The van der Waals surface area contributed by atoms with Gasteiger partial charge in [0.2, 0.25) is 0 Å². The molecule has 0 atom stereocenters. The maximum atomic E-state index is 12.3. The topological polar surface area (TPSA) is 114 Å². The van der Waals surface area contributed by atoms with E-state index in [-0.39, 0.29) is 24.4 Å². The lowest BCUT2D eigenvalue weighted by Gasteiger charge is -2.56. The first-order chi connectivity index (χ1) is 15.3. The molecule has 4 saturated carbocycles. The Balaban J connectivity index is 1.13. The van der Waals surface area contributed by atoms with Crippen LogP contribution in [0.15, 0.2) is 24.3 Å². The summed E-state index contributed by atoms with van der Waals surface area (Å²) < 4.78 is 4.90. The number of carbonyl (C=O) groups is 4. The van der Waals surface area contributed by atoms with Crippen LogP contribution < -0.4 is 16.0 Å². The number of halogens is 1. The Labute approximate surface area is 191 Å². The van der Waals surface area contributed by atoms with E-state index in [4.69, 9.17) is 16.3 Å². The molecule has 32 heavy (non-hydrogen) atoms. The molecule has 4 fully saturated rings. The summed E-state index contributed by atoms with van der Waals surface area (Å²) in [7, 11) is 0. The van der Waals surface area contributed by atoms with Crippen molar-refractivity contribution in [2.24, 2.45) is 17.8 Å². The molecule has 0 heterocycles. The van der Waals surface area contributed by atoms with Gasteiger partial charge in [-0.15, -0.1) is 0 Å². The molecule has 4 aliphatic rings. The number of hydrogen-bond donors (Lipinski definition) is 3. The van der Waals surface area contributed by atoms with Crippen LogP contribution in [0.5, 0.6) is 0 Å². The van der Waals surface area contributed by atoms with Gasteiger partial charge in [0.25, 0.3) is 11.8 Å². The maximum absolute atomic E-state index is 12.3. The van der Waals surface area contributed by atoms with Crippen molar-refractivity contribution in [3.05, 3.63) is 34.9 Å². The van der Waals surface area contributed by atoms with E-state index < -0.39 is 24.5 Å². The minimum Gasteiger partial charge on any atom is -0.456 e. The highest BCUT2D eigenvalue weighted by molar-refractivity contribution is 6.30. The van der Waals surface area contributed by atoms with Crippen LogP contribution in [0, 0.1) is 17.8 Å². The molecule has 0 aromatic heterocycles. The molecular formula is C23H28ClN3O5. The molecule has 4 amide bonds. The van der Waals surface area contributed by atoms with Gasteiger partial charge in [0.15, 0.2) is 6.61 Å². The third-order valence-electron chi connectivity index (χ3n) is 6.76. The van der Waals surface area contributed by atoms with Crippen LogP contribution in [0.4, 0.5) is 4.79 Å². The number of rotatable bonds is 7. The van der Waals surface area contributed by atoms with Gasteiger partial charge >= 0.3 is 12.0 Å². The molecule has 8 nitrogen and oxygen atoms in total. The summed E-state index contributed by atoms with van der Waals surface area (Å²) in [6.45, 7) is -0.479. The molecule has 0 saturated heterocycles. The van der Waals surface area contributed by atoms with Crippen LogP contribution in [0.25, 0.3) is 0 Å². The number of nitrogens with one attached hydrogen (secondary N) is 3. The van der Waals surface area contributed by atoms with Gasteiger partial charge in [-0.05, 0) is 80.5 Å². The third kappa shape index (κ3) is 5.59. The molecule has 9 heteroatoms. The smallest absolute Gasteiger partial charge is 0.321 e. The van der Waals surface area contributed by atoms with E-state index in [1.54, 1.807) is 24.3 Å². The largest absolute Gasteiger partial charge is 0.456 e. The average molecular weight is 462 g/mol.